The van der Waals surface area contributed by atoms with Crippen molar-refractivity contribution in [3.63, 3.8) is 0 Å². The zero-order valence-corrected chi connectivity index (χ0v) is 44.5. The van der Waals surface area contributed by atoms with Gasteiger partial charge in [0, 0.05) is 13.1 Å². The summed E-state index contributed by atoms with van der Waals surface area (Å²) in [6.07, 6.45) is 2.30. The summed E-state index contributed by atoms with van der Waals surface area (Å²) >= 11 is 0. The highest BCUT2D eigenvalue weighted by Crippen LogP contribution is 2.21. The van der Waals surface area contributed by atoms with Crippen molar-refractivity contribution in [1.82, 2.24) is 52.3 Å². The lowest BCUT2D eigenvalue weighted by atomic mass is 9.95. The van der Waals surface area contributed by atoms with Crippen LogP contribution in [0.2, 0.25) is 0 Å². The van der Waals surface area contributed by atoms with Crippen molar-refractivity contribution < 1.29 is 53.1 Å². The Bertz CT molecular complexity index is 1950. The molecule has 0 unspecified atom stereocenters. The van der Waals surface area contributed by atoms with Gasteiger partial charge in [0.25, 0.3) is 0 Å². The van der Waals surface area contributed by atoms with Gasteiger partial charge >= 0.3 is 0 Å². The Balaban J connectivity index is 2.29. The second-order valence-electron chi connectivity index (χ2n) is 19.8. The van der Waals surface area contributed by atoms with Crippen molar-refractivity contribution >= 4 is 65.0 Å². The van der Waals surface area contributed by atoms with Crippen molar-refractivity contribution in [3.8, 4) is 0 Å². The molecule has 10 amide bonds. The number of primary amides is 1. The molecule has 73 heavy (non-hydrogen) atoms. The van der Waals surface area contributed by atoms with Crippen molar-refractivity contribution in [2.45, 2.75) is 187 Å². The van der Waals surface area contributed by atoms with E-state index in [-0.39, 0.29) is 56.8 Å². The largest absolute Gasteiger partial charge is 0.391 e. The Morgan fingerprint density at radius 2 is 1.14 bits per heavy atom. The minimum absolute atomic E-state index is 0.0436. The normalized spacial score (nSPS) is 19.8. The van der Waals surface area contributed by atoms with Crippen molar-refractivity contribution in [1.29, 1.82) is 0 Å². The molecule has 0 saturated carbocycles. The van der Waals surface area contributed by atoms with Crippen LogP contribution in [-0.4, -0.2) is 174 Å². The van der Waals surface area contributed by atoms with Crippen LogP contribution in [0.15, 0.2) is 4.99 Å². The number of hydrogen-bond donors (Lipinski definition) is 12. The standard InChI is InChI=1S/C48H86N14O11/c1-11-17-30(40(66)58-36(26(6)12-2)44(70)56-31(18-14-21-52-48(50)51)47(73)62-23-16-20-33(62)42(68)54-28(8)39(49)65)55-46(72)38(29(9)63)60-45(71)37(27(7)13-3)59-43(69)35(25(4)5)57-34(64)24-53-41(67)32-19-15-22-61(32)10/h25-33,35-38,63H,11-24H2,1-10H3,(H2,49,65)(H,53,67)(H,54,68)(H,55,72)(H,56,70)(H,57,64)(H,58,66)(H,59,69)(H,60,71)(H4,50,51,52)/t26-,27-,28+,29+,30-,31-,32-,33-,35-,36-,37+,38-/m0/s1. The highest BCUT2D eigenvalue weighted by molar-refractivity contribution is 5.98. The van der Waals surface area contributed by atoms with E-state index in [1.807, 2.05) is 11.9 Å². The number of nitrogens with one attached hydrogen (secondary N) is 8. The summed E-state index contributed by atoms with van der Waals surface area (Å²) in [5.74, 6) is -8.39. The predicted molar refractivity (Wildman–Crippen MR) is 272 cm³/mol. The first-order valence-corrected chi connectivity index (χ1v) is 25.7. The minimum Gasteiger partial charge on any atom is -0.391 e. The van der Waals surface area contributed by atoms with Gasteiger partial charge in [-0.25, -0.2) is 0 Å². The van der Waals surface area contributed by atoms with E-state index in [1.54, 1.807) is 48.5 Å². The Hall–Kier alpha value is -6.11. The molecule has 0 aliphatic carbocycles. The molecule has 2 rings (SSSR count). The number of likely N-dealkylation sites (N-methyl/N-ethyl adjacent to an activating group) is 1. The Labute approximate surface area is 429 Å². The van der Waals surface area contributed by atoms with Crippen LogP contribution < -0.4 is 59.7 Å². The smallest absolute Gasteiger partial charge is 0.245 e. The molecule has 2 aliphatic heterocycles. The lowest BCUT2D eigenvalue weighted by molar-refractivity contribution is -0.142. The van der Waals surface area contributed by atoms with Crippen LogP contribution in [0.4, 0.5) is 0 Å². The summed E-state index contributed by atoms with van der Waals surface area (Å²) in [6, 6.07) is -9.98. The number of guanidine groups is 1. The number of aliphatic imine (C=N–C) groups is 1. The van der Waals surface area contributed by atoms with Gasteiger partial charge in [-0.1, -0.05) is 67.7 Å². The molecule has 15 N–H and O–H groups in total. The number of amides is 10. The Kier molecular flexibility index (Phi) is 26.6. The van der Waals surface area contributed by atoms with Crippen molar-refractivity contribution in [2.24, 2.45) is 39.9 Å². The summed E-state index contributed by atoms with van der Waals surface area (Å²) in [4.78, 5) is 142. The summed E-state index contributed by atoms with van der Waals surface area (Å²) in [7, 11) is 1.83. The van der Waals surface area contributed by atoms with Gasteiger partial charge in [0.2, 0.25) is 59.1 Å². The SMILES string of the molecule is CCC[C@H](NC(=O)[C@@H](NC(=O)[C@H](NC(=O)[C@@H](NC(=O)CNC(=O)[C@@H]1CCCN1C)C(C)C)[C@@H](C)CC)[C@@H](C)O)C(=O)N[C@H](C(=O)N[C@@H](CCCN=C(N)N)C(=O)N1CCC[C@H]1C(=O)N[C@H](C)C(N)=O)[C@@H](C)CC. The Morgan fingerprint density at radius 3 is 1.66 bits per heavy atom. The Morgan fingerprint density at radius 1 is 0.616 bits per heavy atom. The fourth-order valence-corrected chi connectivity index (χ4v) is 8.56. The lowest BCUT2D eigenvalue weighted by Crippen LogP contribution is -2.63. The maximum absolute atomic E-state index is 14.2. The van der Waals surface area contributed by atoms with Gasteiger partial charge in [0.1, 0.15) is 48.3 Å². The molecule has 2 saturated heterocycles. The van der Waals surface area contributed by atoms with E-state index >= 15 is 0 Å². The maximum atomic E-state index is 14.2. The molecule has 25 heteroatoms. The lowest BCUT2D eigenvalue weighted by Gasteiger charge is -2.32. The molecule has 0 bridgehead atoms. The summed E-state index contributed by atoms with van der Waals surface area (Å²) in [6.45, 7) is 15.5. The quantitative estimate of drug-likeness (QED) is 0.0195. The zero-order chi connectivity index (χ0) is 55.3. The maximum Gasteiger partial charge on any atom is 0.245 e. The number of aliphatic hydroxyl groups excluding tert-OH is 1. The zero-order valence-electron chi connectivity index (χ0n) is 44.5. The van der Waals surface area contributed by atoms with Gasteiger partial charge in [-0.2, -0.15) is 0 Å². The van der Waals surface area contributed by atoms with Gasteiger partial charge in [0.05, 0.1) is 18.7 Å². The van der Waals surface area contributed by atoms with E-state index < -0.39 is 125 Å². The second kappa shape index (κ2) is 30.8. The van der Waals surface area contributed by atoms with Gasteiger partial charge in [-0.3, -0.25) is 57.8 Å². The molecule has 2 heterocycles. The topological polar surface area (TPSA) is 384 Å². The first kappa shape index (κ1) is 63.0. The number of nitrogens with two attached hydrogens (primary N) is 3. The third kappa shape index (κ3) is 19.7. The van der Waals surface area contributed by atoms with Gasteiger partial charge in [0.15, 0.2) is 5.96 Å². The van der Waals surface area contributed by atoms with Gasteiger partial charge in [-0.05, 0) is 90.1 Å². The van der Waals surface area contributed by atoms with Crippen LogP contribution >= 0.6 is 0 Å². The van der Waals surface area contributed by atoms with E-state index in [0.29, 0.717) is 38.5 Å². The minimum atomic E-state index is -1.62. The number of nitrogens with zero attached hydrogens (tertiary/aromatic N) is 3. The highest BCUT2D eigenvalue weighted by Gasteiger charge is 2.41. The van der Waals surface area contributed by atoms with Crippen molar-refractivity contribution in [3.05, 3.63) is 0 Å². The molecule has 0 aromatic rings. The van der Waals surface area contributed by atoms with Crippen LogP contribution in [0.25, 0.3) is 0 Å². The fourth-order valence-electron chi connectivity index (χ4n) is 8.56. The molecule has 0 spiro atoms. The van der Waals surface area contributed by atoms with Crippen LogP contribution in [0.3, 0.4) is 0 Å². The van der Waals surface area contributed by atoms with E-state index in [1.165, 1.54) is 18.7 Å². The first-order valence-electron chi connectivity index (χ1n) is 25.7. The van der Waals surface area contributed by atoms with E-state index in [2.05, 4.69) is 47.5 Å². The van der Waals surface area contributed by atoms with Crippen LogP contribution in [-0.2, 0) is 47.9 Å². The molecule has 0 aromatic heterocycles. The molecule has 0 radical (unpaired) electrons. The van der Waals surface area contributed by atoms with Crippen molar-refractivity contribution in [2.75, 3.05) is 33.2 Å². The summed E-state index contributed by atoms with van der Waals surface area (Å²) in [5, 5.41) is 32.0. The number of carbonyl (C=O) groups is 10. The number of carbonyl (C=O) groups excluding carboxylic acids is 10. The number of rotatable bonds is 30. The number of likely N-dealkylation sites (tertiary alicyclic amines) is 2. The molecular weight excluding hydrogens is 949 g/mol. The molecule has 2 aliphatic rings. The molecular formula is C48H86N14O11. The van der Waals surface area contributed by atoms with Crippen LogP contribution in [0.5, 0.6) is 0 Å². The molecule has 414 valence electrons. The fraction of sp³-hybridized carbons (Fsp3) is 0.771. The highest BCUT2D eigenvalue weighted by atomic mass is 16.3. The van der Waals surface area contributed by atoms with E-state index in [9.17, 15) is 53.1 Å². The summed E-state index contributed by atoms with van der Waals surface area (Å²) in [5.41, 5.74) is 16.3. The first-order chi connectivity index (χ1) is 34.3. The molecule has 25 nitrogen and oxygen atoms in total. The van der Waals surface area contributed by atoms with E-state index in [4.69, 9.17) is 17.2 Å². The molecule has 12 atom stereocenters. The third-order valence-electron chi connectivity index (χ3n) is 13.6. The molecule has 2 fully saturated rings. The van der Waals surface area contributed by atoms with Crippen LogP contribution in [0.1, 0.15) is 127 Å². The number of aliphatic hydroxyl groups is 1. The predicted octanol–water partition coefficient (Wildman–Crippen LogP) is -2.93. The average molecular weight is 1040 g/mol. The second-order valence-corrected chi connectivity index (χ2v) is 19.8. The average Bonchev–Trinajstić information content (AvgIpc) is 4.01. The van der Waals surface area contributed by atoms with Crippen LogP contribution in [0, 0.1) is 17.8 Å². The van der Waals surface area contributed by atoms with E-state index in [0.717, 1.165) is 13.0 Å². The summed E-state index contributed by atoms with van der Waals surface area (Å²) < 4.78 is 0. The molecule has 0 aromatic carbocycles. The third-order valence-corrected chi connectivity index (χ3v) is 13.6. The number of hydrogen-bond acceptors (Lipinski definition) is 13. The van der Waals surface area contributed by atoms with Gasteiger partial charge in [-0.15, -0.1) is 0 Å². The van der Waals surface area contributed by atoms with Gasteiger partial charge < -0.3 is 69.7 Å². The monoisotopic (exact) mass is 1030 g/mol.